The molecule has 4 aliphatic carbocycles. The van der Waals surface area contributed by atoms with E-state index in [4.69, 9.17) is 4.42 Å². The average molecular weight is 1090 g/mol. The minimum absolute atomic E-state index is 0.151. The topological polar surface area (TPSA) is 19.6 Å². The number of furan rings is 1. The van der Waals surface area contributed by atoms with Gasteiger partial charge in [0, 0.05) is 55.6 Å². The lowest BCUT2D eigenvalue weighted by Gasteiger charge is -2.32. The van der Waals surface area contributed by atoms with Crippen molar-refractivity contribution in [1.82, 2.24) is 0 Å². The lowest BCUT2D eigenvalue weighted by atomic mass is 9.70. The fraction of sp³-hybridized carbons (Fsp3) is 0.122. The van der Waals surface area contributed by atoms with E-state index >= 15 is 0 Å². The zero-order valence-corrected chi connectivity index (χ0v) is 49.0. The van der Waals surface area contributed by atoms with Gasteiger partial charge in [-0.15, -0.1) is 0 Å². The molecule has 0 radical (unpaired) electrons. The van der Waals surface area contributed by atoms with Crippen molar-refractivity contribution in [2.24, 2.45) is 0 Å². The van der Waals surface area contributed by atoms with Crippen molar-refractivity contribution in [2.75, 3.05) is 9.80 Å². The van der Waals surface area contributed by atoms with Crippen LogP contribution in [0.3, 0.4) is 0 Å². The fourth-order valence-corrected chi connectivity index (χ4v) is 15.9. The minimum Gasteiger partial charge on any atom is -0.456 e. The van der Waals surface area contributed by atoms with E-state index in [0.29, 0.717) is 0 Å². The molecule has 0 aliphatic heterocycles. The number of rotatable bonds is 7. The van der Waals surface area contributed by atoms with Crippen LogP contribution in [0.5, 0.6) is 0 Å². The highest BCUT2D eigenvalue weighted by atomic mass is 16.3. The molecule has 0 N–H and O–H groups in total. The Morgan fingerprint density at radius 3 is 1.33 bits per heavy atom. The largest absolute Gasteiger partial charge is 0.456 e. The summed E-state index contributed by atoms with van der Waals surface area (Å²) in [7, 11) is 0. The van der Waals surface area contributed by atoms with E-state index in [0.717, 1.165) is 61.6 Å². The molecule has 13 aromatic rings. The Kier molecular flexibility index (Phi) is 10.4. The first-order valence-electron chi connectivity index (χ1n) is 30.1. The summed E-state index contributed by atoms with van der Waals surface area (Å²) in [6, 6.07) is 93.9. The molecule has 1 aromatic heterocycles. The van der Waals surface area contributed by atoms with Gasteiger partial charge in [0.25, 0.3) is 0 Å². The van der Waals surface area contributed by atoms with Crippen LogP contribution in [0.2, 0.25) is 0 Å². The standard InChI is InChI=1S/C82H62N2O/c1-49-27-37-61-63-40-34-56(47-74(63)80(4,5)72(61)43-49)83(57-35-41-64-62-38-28-50(2)44-73(62)81(6,7)75(64)48-57)54-33-39-58(51(3)45-54)52-29-31-53(32-30-52)84(55-36-42-78-67(46-55)65-19-11-15-26-77(65)85-78)76-25-16-24-71-79(76)66-20-10-14-23-70(66)82(71)68-21-12-8-17-59(68)60-18-9-13-22-69(60)82/h8-48H,1-7H3. The number of anilines is 6. The molecule has 3 nitrogen and oxygen atoms in total. The Labute approximate surface area is 497 Å². The molecule has 0 saturated carbocycles. The van der Waals surface area contributed by atoms with Crippen LogP contribution in [-0.4, -0.2) is 0 Å². The van der Waals surface area contributed by atoms with E-state index in [9.17, 15) is 0 Å². The fourth-order valence-electron chi connectivity index (χ4n) is 15.9. The molecule has 0 amide bonds. The second kappa shape index (κ2) is 17.8. The molecule has 3 heteroatoms. The Morgan fingerprint density at radius 2 is 0.729 bits per heavy atom. The van der Waals surface area contributed by atoms with Gasteiger partial charge in [-0.1, -0.05) is 209 Å². The molecule has 85 heavy (non-hydrogen) atoms. The molecule has 0 saturated heterocycles. The van der Waals surface area contributed by atoms with Gasteiger partial charge in [-0.05, 0) is 200 Å². The van der Waals surface area contributed by atoms with Gasteiger partial charge in [-0.3, -0.25) is 0 Å². The second-order valence-corrected chi connectivity index (χ2v) is 25.4. The third kappa shape index (κ3) is 6.90. The predicted molar refractivity (Wildman–Crippen MR) is 354 cm³/mol. The maximum atomic E-state index is 6.46. The molecular weight excluding hydrogens is 1030 g/mol. The SMILES string of the molecule is Cc1ccc2c(c1)C(C)(C)c1cc(N(c3ccc(-c4ccc(N(c5ccc6oc7ccccc7c6c5)c5cccc6c5-c5ccccc5C65c6ccccc6-c6ccccc65)cc4)c(C)c3)c3ccc4c(c3)C(C)(C)c3cc(C)ccc3-4)ccc1-2. The Bertz CT molecular complexity index is 4850. The van der Waals surface area contributed by atoms with Gasteiger partial charge in [-0.2, -0.15) is 0 Å². The van der Waals surface area contributed by atoms with Crippen LogP contribution < -0.4 is 9.80 Å². The highest BCUT2D eigenvalue weighted by Crippen LogP contribution is 2.65. The normalized spacial score (nSPS) is 14.6. The summed E-state index contributed by atoms with van der Waals surface area (Å²) in [5.41, 5.74) is 35.1. The van der Waals surface area contributed by atoms with Gasteiger partial charge in [0.2, 0.25) is 0 Å². The number of benzene rings is 12. The third-order valence-corrected chi connectivity index (χ3v) is 19.9. The molecule has 1 heterocycles. The van der Waals surface area contributed by atoms with E-state index in [-0.39, 0.29) is 10.8 Å². The molecule has 0 fully saturated rings. The molecule has 1 spiro atoms. The average Bonchev–Trinajstić information content (AvgIpc) is 1.52. The van der Waals surface area contributed by atoms with Gasteiger partial charge in [0.05, 0.1) is 11.1 Å². The van der Waals surface area contributed by atoms with Gasteiger partial charge in [-0.25, -0.2) is 0 Å². The highest BCUT2D eigenvalue weighted by molar-refractivity contribution is 6.08. The zero-order valence-electron chi connectivity index (χ0n) is 49.0. The molecule has 406 valence electrons. The predicted octanol–water partition coefficient (Wildman–Crippen LogP) is 22.1. The van der Waals surface area contributed by atoms with E-state index in [1.165, 1.54) is 111 Å². The van der Waals surface area contributed by atoms with Crippen molar-refractivity contribution in [3.05, 3.63) is 310 Å². The van der Waals surface area contributed by atoms with E-state index in [1.807, 2.05) is 6.07 Å². The summed E-state index contributed by atoms with van der Waals surface area (Å²) in [6.07, 6.45) is 0. The van der Waals surface area contributed by atoms with Gasteiger partial charge >= 0.3 is 0 Å². The van der Waals surface area contributed by atoms with Gasteiger partial charge < -0.3 is 14.2 Å². The zero-order chi connectivity index (χ0) is 57.3. The van der Waals surface area contributed by atoms with Crippen molar-refractivity contribution in [3.8, 4) is 55.6 Å². The summed E-state index contributed by atoms with van der Waals surface area (Å²) in [5.74, 6) is 0. The number of para-hydroxylation sites is 1. The maximum absolute atomic E-state index is 6.46. The first kappa shape index (κ1) is 49.6. The second-order valence-electron chi connectivity index (χ2n) is 25.4. The van der Waals surface area contributed by atoms with Crippen molar-refractivity contribution >= 4 is 56.1 Å². The molecule has 17 rings (SSSR count). The van der Waals surface area contributed by atoms with Crippen LogP contribution in [0.15, 0.2) is 253 Å². The third-order valence-electron chi connectivity index (χ3n) is 19.9. The lowest BCUT2D eigenvalue weighted by Crippen LogP contribution is -2.26. The lowest BCUT2D eigenvalue weighted by molar-refractivity contribution is 0.659. The van der Waals surface area contributed by atoms with Gasteiger partial charge in [0.1, 0.15) is 11.2 Å². The number of nitrogens with zero attached hydrogens (tertiary/aromatic N) is 2. The molecule has 0 atom stereocenters. The Balaban J connectivity index is 0.803. The van der Waals surface area contributed by atoms with Crippen LogP contribution in [0.4, 0.5) is 34.1 Å². The first-order valence-corrected chi connectivity index (χ1v) is 30.1. The Morgan fingerprint density at radius 1 is 0.294 bits per heavy atom. The summed E-state index contributed by atoms with van der Waals surface area (Å²) in [4.78, 5) is 4.98. The van der Waals surface area contributed by atoms with E-state index in [1.54, 1.807) is 0 Å². The van der Waals surface area contributed by atoms with Crippen molar-refractivity contribution < 1.29 is 4.42 Å². The monoisotopic (exact) mass is 1090 g/mol. The van der Waals surface area contributed by atoms with Gasteiger partial charge in [0.15, 0.2) is 0 Å². The number of hydrogen-bond donors (Lipinski definition) is 0. The first-order chi connectivity index (χ1) is 41.4. The number of hydrogen-bond acceptors (Lipinski definition) is 3. The Hall–Kier alpha value is -9.96. The molecule has 0 unspecified atom stereocenters. The molecule has 0 bridgehead atoms. The minimum atomic E-state index is -0.473. The highest BCUT2D eigenvalue weighted by Gasteiger charge is 2.52. The van der Waals surface area contributed by atoms with Crippen LogP contribution >= 0.6 is 0 Å². The van der Waals surface area contributed by atoms with Crippen LogP contribution in [-0.2, 0) is 16.2 Å². The van der Waals surface area contributed by atoms with Crippen molar-refractivity contribution in [3.63, 3.8) is 0 Å². The van der Waals surface area contributed by atoms with Crippen LogP contribution in [0.1, 0.15) is 88.9 Å². The molecular formula is C82H62N2O. The molecule has 4 aliphatic rings. The van der Waals surface area contributed by atoms with Crippen LogP contribution in [0.25, 0.3) is 77.6 Å². The summed E-state index contributed by atoms with van der Waals surface area (Å²) in [6.45, 7) is 16.2. The number of fused-ring (bicyclic) bond motifs is 19. The molecule has 12 aromatic carbocycles. The van der Waals surface area contributed by atoms with E-state index in [2.05, 4.69) is 301 Å². The summed E-state index contributed by atoms with van der Waals surface area (Å²) < 4.78 is 6.46. The maximum Gasteiger partial charge on any atom is 0.135 e. The summed E-state index contributed by atoms with van der Waals surface area (Å²) in [5, 5.41) is 2.20. The van der Waals surface area contributed by atoms with Crippen molar-refractivity contribution in [2.45, 2.75) is 64.7 Å². The smallest absolute Gasteiger partial charge is 0.135 e. The van der Waals surface area contributed by atoms with E-state index < -0.39 is 5.41 Å². The summed E-state index contributed by atoms with van der Waals surface area (Å²) >= 11 is 0. The van der Waals surface area contributed by atoms with Crippen LogP contribution in [0, 0.1) is 20.8 Å². The number of aryl methyl sites for hydroxylation is 3. The van der Waals surface area contributed by atoms with Crippen molar-refractivity contribution in [1.29, 1.82) is 0 Å². The quantitative estimate of drug-likeness (QED) is 0.159.